The standard InChI is InChI=1S/C22H24O13/c1-10(24)31-16-17(32-11(2)25)19(33-12(3)26)22(35-18(16)21(28)30-5)34-15-7-6-13(9-23)8-14(15)20(27)29-4/h6-9,16-19,22H,1-5H3/t16-,17+,18?,19+,22-/m1/s1. The highest BCUT2D eigenvalue weighted by atomic mass is 16.7. The first-order chi connectivity index (χ1) is 16.5. The molecular formula is C22H24O13. The lowest BCUT2D eigenvalue weighted by molar-refractivity contribution is -0.282. The van der Waals surface area contributed by atoms with E-state index in [4.69, 9.17) is 33.2 Å². The summed E-state index contributed by atoms with van der Waals surface area (Å²) in [5, 5.41) is 0. The molecule has 0 aliphatic carbocycles. The normalized spacial score (nSPS) is 23.3. The molecule has 0 spiro atoms. The third-order valence-corrected chi connectivity index (χ3v) is 4.62. The first-order valence-electron chi connectivity index (χ1n) is 10.1. The molecule has 0 saturated carbocycles. The third kappa shape index (κ3) is 6.76. The first-order valence-corrected chi connectivity index (χ1v) is 10.1. The molecule has 1 fully saturated rings. The van der Waals surface area contributed by atoms with Crippen molar-refractivity contribution in [2.45, 2.75) is 51.5 Å². The van der Waals surface area contributed by atoms with E-state index in [0.717, 1.165) is 35.0 Å². The van der Waals surface area contributed by atoms with E-state index in [2.05, 4.69) is 0 Å². The summed E-state index contributed by atoms with van der Waals surface area (Å²) in [7, 11) is 2.14. The fraction of sp³-hybridized carbons (Fsp3) is 0.455. The van der Waals surface area contributed by atoms with Gasteiger partial charge in [-0.25, -0.2) is 9.59 Å². The molecular weight excluding hydrogens is 472 g/mol. The van der Waals surface area contributed by atoms with Crippen molar-refractivity contribution in [1.82, 2.24) is 0 Å². The smallest absolute Gasteiger partial charge is 0.341 e. The van der Waals surface area contributed by atoms with Gasteiger partial charge in [-0.2, -0.15) is 0 Å². The molecule has 35 heavy (non-hydrogen) atoms. The maximum absolute atomic E-state index is 12.5. The second-order valence-corrected chi connectivity index (χ2v) is 7.15. The van der Waals surface area contributed by atoms with Crippen molar-refractivity contribution in [3.63, 3.8) is 0 Å². The molecule has 0 aromatic heterocycles. The number of aldehydes is 1. The maximum atomic E-state index is 12.5. The van der Waals surface area contributed by atoms with E-state index in [1.807, 2.05) is 0 Å². The highest BCUT2D eigenvalue weighted by molar-refractivity contribution is 5.94. The molecule has 1 heterocycles. The van der Waals surface area contributed by atoms with Crippen molar-refractivity contribution in [3.8, 4) is 5.75 Å². The number of carbonyl (C=O) groups excluding carboxylic acids is 6. The van der Waals surface area contributed by atoms with Gasteiger partial charge >= 0.3 is 29.8 Å². The second kappa shape index (κ2) is 11.9. The highest BCUT2D eigenvalue weighted by Crippen LogP contribution is 2.32. The van der Waals surface area contributed by atoms with E-state index >= 15 is 0 Å². The Hall–Kier alpha value is -4.00. The number of carbonyl (C=O) groups is 6. The quantitative estimate of drug-likeness (QED) is 0.275. The summed E-state index contributed by atoms with van der Waals surface area (Å²) in [4.78, 5) is 71.3. The number of rotatable bonds is 8. The van der Waals surface area contributed by atoms with Crippen LogP contribution in [0.1, 0.15) is 41.5 Å². The third-order valence-electron chi connectivity index (χ3n) is 4.62. The maximum Gasteiger partial charge on any atom is 0.341 e. The van der Waals surface area contributed by atoms with Crippen LogP contribution in [0, 0.1) is 0 Å². The van der Waals surface area contributed by atoms with Crippen LogP contribution in [0.25, 0.3) is 0 Å². The van der Waals surface area contributed by atoms with Gasteiger partial charge in [0.15, 0.2) is 18.3 Å². The topological polar surface area (TPSA) is 167 Å². The van der Waals surface area contributed by atoms with Crippen LogP contribution in [0.2, 0.25) is 0 Å². The van der Waals surface area contributed by atoms with Crippen LogP contribution in [-0.4, -0.2) is 81.1 Å². The van der Waals surface area contributed by atoms with Gasteiger partial charge in [0, 0.05) is 26.3 Å². The summed E-state index contributed by atoms with van der Waals surface area (Å²) in [6.45, 7) is 3.13. The van der Waals surface area contributed by atoms with Gasteiger partial charge in [0.25, 0.3) is 0 Å². The van der Waals surface area contributed by atoms with E-state index < -0.39 is 60.6 Å². The number of methoxy groups -OCH3 is 2. The number of esters is 5. The Kier molecular flexibility index (Phi) is 9.28. The lowest BCUT2D eigenvalue weighted by atomic mass is 9.97. The molecule has 0 N–H and O–H groups in total. The van der Waals surface area contributed by atoms with Crippen LogP contribution in [0.4, 0.5) is 0 Å². The fourth-order valence-electron chi connectivity index (χ4n) is 3.29. The van der Waals surface area contributed by atoms with Crippen LogP contribution in [-0.2, 0) is 47.6 Å². The Labute approximate surface area is 199 Å². The molecule has 13 heteroatoms. The SMILES string of the molecule is COC(=O)c1cc(C=O)ccc1O[C@@H]1OC(C(=O)OC)[C@H](OC(C)=O)[C@H](OC(C)=O)[C@@H]1OC(C)=O. The summed E-state index contributed by atoms with van der Waals surface area (Å²) in [6, 6.07) is 3.75. The molecule has 0 amide bonds. The molecule has 2 rings (SSSR count). The second-order valence-electron chi connectivity index (χ2n) is 7.15. The molecule has 1 unspecified atom stereocenters. The lowest BCUT2D eigenvalue weighted by Gasteiger charge is -2.43. The number of hydrogen-bond donors (Lipinski definition) is 0. The minimum Gasteiger partial charge on any atom is -0.467 e. The molecule has 190 valence electrons. The van der Waals surface area contributed by atoms with Crippen molar-refractivity contribution < 1.29 is 61.9 Å². The van der Waals surface area contributed by atoms with Gasteiger partial charge in [-0.1, -0.05) is 0 Å². The molecule has 1 saturated heterocycles. The first kappa shape index (κ1) is 27.2. The zero-order valence-corrected chi connectivity index (χ0v) is 19.5. The van der Waals surface area contributed by atoms with Gasteiger partial charge in [0.05, 0.1) is 14.2 Å². The molecule has 1 aromatic rings. The zero-order chi connectivity index (χ0) is 26.3. The number of ether oxygens (including phenoxy) is 7. The molecule has 1 aliphatic rings. The van der Waals surface area contributed by atoms with Gasteiger partial charge in [0.2, 0.25) is 12.4 Å². The molecule has 1 aliphatic heterocycles. The molecule has 5 atom stereocenters. The summed E-state index contributed by atoms with van der Waals surface area (Å²) in [5.74, 6) is -4.65. The van der Waals surface area contributed by atoms with Gasteiger partial charge in [-0.05, 0) is 18.2 Å². The minimum absolute atomic E-state index is 0.124. The van der Waals surface area contributed by atoms with Crippen LogP contribution < -0.4 is 4.74 Å². The van der Waals surface area contributed by atoms with Crippen LogP contribution in [0.5, 0.6) is 5.75 Å². The molecule has 0 bridgehead atoms. The van der Waals surface area contributed by atoms with Gasteiger partial charge in [0.1, 0.15) is 17.6 Å². The van der Waals surface area contributed by atoms with Crippen molar-refractivity contribution >= 4 is 36.1 Å². The zero-order valence-electron chi connectivity index (χ0n) is 19.5. The molecule has 1 aromatic carbocycles. The highest BCUT2D eigenvalue weighted by Gasteiger charge is 2.56. The molecule has 0 radical (unpaired) electrons. The number of benzene rings is 1. The Morgan fingerprint density at radius 2 is 1.40 bits per heavy atom. The van der Waals surface area contributed by atoms with Crippen molar-refractivity contribution in [2.24, 2.45) is 0 Å². The summed E-state index contributed by atoms with van der Waals surface area (Å²) in [5.41, 5.74) is -0.0676. The van der Waals surface area contributed by atoms with E-state index in [1.165, 1.54) is 18.2 Å². The van der Waals surface area contributed by atoms with Gasteiger partial charge < -0.3 is 33.2 Å². The van der Waals surface area contributed by atoms with Gasteiger partial charge in [-0.3, -0.25) is 19.2 Å². The Morgan fingerprint density at radius 1 is 0.829 bits per heavy atom. The summed E-state index contributed by atoms with van der Waals surface area (Å²) < 4.78 is 36.5. The van der Waals surface area contributed by atoms with Crippen molar-refractivity contribution in [2.75, 3.05) is 14.2 Å². The minimum atomic E-state index is -1.68. The van der Waals surface area contributed by atoms with E-state index in [1.54, 1.807) is 0 Å². The van der Waals surface area contributed by atoms with Crippen LogP contribution in [0.15, 0.2) is 18.2 Å². The number of hydrogen-bond acceptors (Lipinski definition) is 13. The van der Waals surface area contributed by atoms with Crippen LogP contribution >= 0.6 is 0 Å². The lowest BCUT2D eigenvalue weighted by Crippen LogP contribution is -2.64. The van der Waals surface area contributed by atoms with Crippen molar-refractivity contribution in [3.05, 3.63) is 29.3 Å². The van der Waals surface area contributed by atoms with Crippen molar-refractivity contribution in [1.29, 1.82) is 0 Å². The average molecular weight is 496 g/mol. The van der Waals surface area contributed by atoms with E-state index in [0.29, 0.717) is 6.29 Å². The Morgan fingerprint density at radius 3 is 1.91 bits per heavy atom. The average Bonchev–Trinajstić information content (AvgIpc) is 2.80. The monoisotopic (exact) mass is 496 g/mol. The van der Waals surface area contributed by atoms with Crippen LogP contribution in [0.3, 0.4) is 0 Å². The largest absolute Gasteiger partial charge is 0.467 e. The summed E-state index contributed by atoms with van der Waals surface area (Å²) >= 11 is 0. The predicted molar refractivity (Wildman–Crippen MR) is 111 cm³/mol. The molecule has 13 nitrogen and oxygen atoms in total. The Bertz CT molecular complexity index is 1000. The Balaban J connectivity index is 2.61. The van der Waals surface area contributed by atoms with Gasteiger partial charge in [-0.15, -0.1) is 0 Å². The van der Waals surface area contributed by atoms with E-state index in [-0.39, 0.29) is 16.9 Å². The van der Waals surface area contributed by atoms with E-state index in [9.17, 15) is 28.8 Å². The predicted octanol–water partition coefficient (Wildman–Crippen LogP) is 0.357. The summed E-state index contributed by atoms with van der Waals surface area (Å²) in [6.07, 6.45) is -7.59. The fourth-order valence-corrected chi connectivity index (χ4v) is 3.29.